The van der Waals surface area contributed by atoms with Gasteiger partial charge in [-0.2, -0.15) is 13.2 Å². The van der Waals surface area contributed by atoms with Gasteiger partial charge in [0.15, 0.2) is 0 Å². The minimum atomic E-state index is -4.44. The molecule has 1 aromatic rings. The van der Waals surface area contributed by atoms with E-state index in [1.807, 2.05) is 11.8 Å². The highest BCUT2D eigenvalue weighted by Gasteiger charge is 2.32. The average Bonchev–Trinajstić information content (AvgIpc) is 2.48. The van der Waals surface area contributed by atoms with Crippen molar-refractivity contribution in [1.29, 1.82) is 0 Å². The summed E-state index contributed by atoms with van der Waals surface area (Å²) in [5.74, 6) is 0.381. The van der Waals surface area contributed by atoms with Crippen molar-refractivity contribution in [2.24, 2.45) is 0 Å². The first kappa shape index (κ1) is 17.3. The summed E-state index contributed by atoms with van der Waals surface area (Å²) >= 11 is 5.96. The quantitative estimate of drug-likeness (QED) is 0.917. The van der Waals surface area contributed by atoms with E-state index in [4.69, 9.17) is 11.6 Å². The first-order valence-corrected chi connectivity index (χ1v) is 7.57. The molecule has 1 saturated heterocycles. The summed E-state index contributed by atoms with van der Waals surface area (Å²) in [6.45, 7) is 4.80. The largest absolute Gasteiger partial charge is 0.417 e. The Morgan fingerprint density at radius 1 is 1.32 bits per heavy atom. The lowest BCUT2D eigenvalue weighted by Gasteiger charge is -2.39. The first-order chi connectivity index (χ1) is 10.4. The Labute approximate surface area is 132 Å². The van der Waals surface area contributed by atoms with E-state index >= 15 is 0 Å². The molecule has 1 N–H and O–H groups in total. The molecule has 0 radical (unpaired) electrons. The number of hydrogen-bond acceptors (Lipinski definition) is 4. The summed E-state index contributed by atoms with van der Waals surface area (Å²) in [6.07, 6.45) is -2.77. The second-order valence-electron chi connectivity index (χ2n) is 5.29. The maximum atomic E-state index is 12.6. The number of anilines is 1. The number of aliphatic hydroxyl groups is 1. The molecule has 1 aromatic heterocycles. The molecule has 4 nitrogen and oxygen atoms in total. The molecule has 0 aliphatic carbocycles. The van der Waals surface area contributed by atoms with Crippen LogP contribution in [-0.4, -0.2) is 53.8 Å². The number of piperazine rings is 1. The molecule has 1 aliphatic rings. The molecule has 0 amide bonds. The Hall–Kier alpha value is -1.05. The minimum absolute atomic E-state index is 0.0116. The van der Waals surface area contributed by atoms with Crippen LogP contribution >= 0.6 is 11.6 Å². The summed E-state index contributed by atoms with van der Waals surface area (Å²) in [7, 11) is 0. The molecule has 22 heavy (non-hydrogen) atoms. The van der Waals surface area contributed by atoms with Gasteiger partial charge in [0.2, 0.25) is 0 Å². The van der Waals surface area contributed by atoms with E-state index in [-0.39, 0.29) is 17.7 Å². The molecule has 1 fully saturated rings. The lowest BCUT2D eigenvalue weighted by molar-refractivity contribution is -0.137. The van der Waals surface area contributed by atoms with Gasteiger partial charge in [-0.25, -0.2) is 4.98 Å². The number of nitrogens with zero attached hydrogens (tertiary/aromatic N) is 3. The molecule has 0 spiro atoms. The first-order valence-electron chi connectivity index (χ1n) is 7.19. The average molecular weight is 338 g/mol. The normalized spacial score (nSPS) is 18.5. The van der Waals surface area contributed by atoms with Gasteiger partial charge >= 0.3 is 6.18 Å². The molecule has 0 bridgehead atoms. The molecular weight excluding hydrogens is 319 g/mol. The predicted octanol–water partition coefficient (Wildman–Crippen LogP) is 2.65. The summed E-state index contributed by atoms with van der Waals surface area (Å²) < 4.78 is 37.9. The topological polar surface area (TPSA) is 39.6 Å². The highest BCUT2D eigenvalue weighted by molar-refractivity contribution is 6.33. The van der Waals surface area contributed by atoms with E-state index in [0.717, 1.165) is 31.8 Å². The highest BCUT2D eigenvalue weighted by atomic mass is 35.5. The van der Waals surface area contributed by atoms with Crippen molar-refractivity contribution in [2.45, 2.75) is 25.6 Å². The molecular formula is C14H19ClF3N3O. The molecule has 2 rings (SSSR count). The monoisotopic (exact) mass is 337 g/mol. The van der Waals surface area contributed by atoms with Crippen LogP contribution in [0.1, 0.15) is 18.9 Å². The van der Waals surface area contributed by atoms with Crippen molar-refractivity contribution in [3.63, 3.8) is 0 Å². The fraction of sp³-hybridized carbons (Fsp3) is 0.643. The fourth-order valence-corrected chi connectivity index (χ4v) is 2.91. The van der Waals surface area contributed by atoms with Crippen LogP contribution in [-0.2, 0) is 6.18 Å². The van der Waals surface area contributed by atoms with Crippen LogP contribution in [0.15, 0.2) is 12.3 Å². The maximum Gasteiger partial charge on any atom is 0.417 e. The Balaban J connectivity index is 2.06. The summed E-state index contributed by atoms with van der Waals surface area (Å²) in [6, 6.07) is 1.04. The third-order valence-electron chi connectivity index (χ3n) is 3.96. The van der Waals surface area contributed by atoms with Crippen molar-refractivity contribution in [3.8, 4) is 0 Å². The van der Waals surface area contributed by atoms with Crippen LogP contribution in [0.4, 0.5) is 19.0 Å². The predicted molar refractivity (Wildman–Crippen MR) is 79.2 cm³/mol. The second kappa shape index (κ2) is 7.02. The zero-order chi connectivity index (χ0) is 16.3. The number of halogens is 4. The molecule has 0 saturated carbocycles. The van der Waals surface area contributed by atoms with Crippen LogP contribution in [0, 0.1) is 0 Å². The maximum absolute atomic E-state index is 12.6. The summed E-state index contributed by atoms with van der Waals surface area (Å²) in [4.78, 5) is 7.94. The third-order valence-corrected chi connectivity index (χ3v) is 4.24. The minimum Gasteiger partial charge on any atom is -0.395 e. The van der Waals surface area contributed by atoms with Gasteiger partial charge in [-0.3, -0.25) is 4.90 Å². The Morgan fingerprint density at radius 3 is 2.41 bits per heavy atom. The number of aromatic nitrogens is 1. The molecule has 1 unspecified atom stereocenters. The lowest BCUT2D eigenvalue weighted by Crippen LogP contribution is -2.51. The second-order valence-corrected chi connectivity index (χ2v) is 5.70. The van der Waals surface area contributed by atoms with Crippen molar-refractivity contribution in [1.82, 2.24) is 9.88 Å². The molecule has 1 atom stereocenters. The van der Waals surface area contributed by atoms with Crippen molar-refractivity contribution in [2.75, 3.05) is 37.7 Å². The SMILES string of the molecule is CCC(CO)N1CCN(c2ncc(C(F)(F)F)cc2Cl)CC1. The van der Waals surface area contributed by atoms with Crippen LogP contribution < -0.4 is 4.90 Å². The van der Waals surface area contributed by atoms with E-state index in [0.29, 0.717) is 18.9 Å². The van der Waals surface area contributed by atoms with Crippen molar-refractivity contribution in [3.05, 3.63) is 22.8 Å². The number of aliphatic hydroxyl groups excluding tert-OH is 1. The summed E-state index contributed by atoms with van der Waals surface area (Å²) in [5.41, 5.74) is -0.841. The van der Waals surface area contributed by atoms with Gasteiger partial charge in [-0.1, -0.05) is 18.5 Å². The standard InChI is InChI=1S/C14H19ClF3N3O/c1-2-11(9-22)20-3-5-21(6-4-20)13-12(15)7-10(8-19-13)14(16,17)18/h7-8,11,22H,2-6,9H2,1H3. The van der Waals surface area contributed by atoms with Crippen LogP contribution in [0.5, 0.6) is 0 Å². The van der Waals surface area contributed by atoms with Gasteiger partial charge in [-0.15, -0.1) is 0 Å². The smallest absolute Gasteiger partial charge is 0.395 e. The molecule has 0 aromatic carbocycles. The van der Waals surface area contributed by atoms with Crippen LogP contribution in [0.2, 0.25) is 5.02 Å². The fourth-order valence-electron chi connectivity index (χ4n) is 2.62. The Kier molecular flexibility index (Phi) is 5.52. The summed E-state index contributed by atoms with van der Waals surface area (Å²) in [5, 5.41) is 9.33. The van der Waals surface area contributed by atoms with E-state index in [1.165, 1.54) is 0 Å². The molecule has 8 heteroatoms. The van der Waals surface area contributed by atoms with Crippen LogP contribution in [0.3, 0.4) is 0 Å². The van der Waals surface area contributed by atoms with Crippen LogP contribution in [0.25, 0.3) is 0 Å². The number of hydrogen-bond donors (Lipinski definition) is 1. The van der Waals surface area contributed by atoms with Gasteiger partial charge in [0, 0.05) is 38.4 Å². The van der Waals surface area contributed by atoms with E-state index in [2.05, 4.69) is 9.88 Å². The zero-order valence-electron chi connectivity index (χ0n) is 12.3. The van der Waals surface area contributed by atoms with Gasteiger partial charge in [0.05, 0.1) is 17.2 Å². The molecule has 2 heterocycles. The van der Waals surface area contributed by atoms with E-state index in [1.54, 1.807) is 0 Å². The van der Waals surface area contributed by atoms with Crippen molar-refractivity contribution >= 4 is 17.4 Å². The Bertz CT molecular complexity index is 501. The van der Waals surface area contributed by atoms with Gasteiger partial charge in [0.25, 0.3) is 0 Å². The number of pyridine rings is 1. The molecule has 124 valence electrons. The highest BCUT2D eigenvalue weighted by Crippen LogP contribution is 2.33. The Morgan fingerprint density at radius 2 is 1.95 bits per heavy atom. The number of rotatable bonds is 4. The molecule has 1 aliphatic heterocycles. The van der Waals surface area contributed by atoms with Gasteiger partial charge in [0.1, 0.15) is 5.82 Å². The van der Waals surface area contributed by atoms with Gasteiger partial charge < -0.3 is 10.0 Å². The zero-order valence-corrected chi connectivity index (χ0v) is 13.0. The van der Waals surface area contributed by atoms with E-state index in [9.17, 15) is 18.3 Å². The third kappa shape index (κ3) is 3.83. The van der Waals surface area contributed by atoms with Crippen molar-refractivity contribution < 1.29 is 18.3 Å². The van der Waals surface area contributed by atoms with Gasteiger partial charge in [-0.05, 0) is 12.5 Å². The van der Waals surface area contributed by atoms with E-state index < -0.39 is 11.7 Å². The number of alkyl halides is 3. The lowest BCUT2D eigenvalue weighted by atomic mass is 10.1.